The van der Waals surface area contributed by atoms with Crippen LogP contribution in [0.15, 0.2) is 48.2 Å². The molecular formula is C30H37N5O. The summed E-state index contributed by atoms with van der Waals surface area (Å²) in [6.07, 6.45) is 4.32. The summed E-state index contributed by atoms with van der Waals surface area (Å²) in [4.78, 5) is 25.4. The molecular weight excluding hydrogens is 446 g/mol. The maximum absolute atomic E-state index is 13.8. The normalized spacial score (nSPS) is 21.6. The topological polar surface area (TPSA) is 44.6 Å². The summed E-state index contributed by atoms with van der Waals surface area (Å²) in [5.74, 6) is 1.40. The Kier molecular flexibility index (Phi) is 5.48. The number of urea groups is 1. The van der Waals surface area contributed by atoms with E-state index in [9.17, 15) is 4.79 Å². The van der Waals surface area contributed by atoms with Crippen molar-refractivity contribution >= 4 is 17.1 Å². The maximum atomic E-state index is 13.8. The number of nitrogens with zero attached hydrogens (tertiary/aromatic N) is 5. The van der Waals surface area contributed by atoms with Crippen molar-refractivity contribution in [2.75, 3.05) is 19.6 Å². The summed E-state index contributed by atoms with van der Waals surface area (Å²) in [6, 6.07) is 13.1. The number of rotatable bonds is 3. The molecule has 188 valence electrons. The lowest BCUT2D eigenvalue weighted by Gasteiger charge is -2.44. The Morgan fingerprint density at radius 1 is 1.11 bits per heavy atom. The van der Waals surface area contributed by atoms with Crippen LogP contribution in [0, 0.1) is 13.8 Å². The molecule has 6 rings (SSSR count). The van der Waals surface area contributed by atoms with Crippen LogP contribution in [-0.4, -0.2) is 55.5 Å². The van der Waals surface area contributed by atoms with Gasteiger partial charge in [0.2, 0.25) is 0 Å². The van der Waals surface area contributed by atoms with Gasteiger partial charge in [0, 0.05) is 38.3 Å². The van der Waals surface area contributed by atoms with E-state index in [1.807, 2.05) is 0 Å². The zero-order chi connectivity index (χ0) is 25.2. The highest BCUT2D eigenvalue weighted by atomic mass is 16.2. The van der Waals surface area contributed by atoms with E-state index in [2.05, 4.69) is 96.5 Å². The molecule has 0 unspecified atom stereocenters. The molecule has 1 aromatic heterocycles. The van der Waals surface area contributed by atoms with Gasteiger partial charge >= 0.3 is 6.03 Å². The minimum absolute atomic E-state index is 0.173. The Bertz CT molecular complexity index is 1380. The summed E-state index contributed by atoms with van der Waals surface area (Å²) in [5.41, 5.74) is 8.55. The van der Waals surface area contributed by atoms with Crippen LogP contribution in [0.25, 0.3) is 11.0 Å². The van der Waals surface area contributed by atoms with Crippen LogP contribution in [0.4, 0.5) is 4.79 Å². The number of carbonyl (C=O) groups is 1. The zero-order valence-corrected chi connectivity index (χ0v) is 22.2. The SMILES string of the molecule is CCN1C(=O)N2Cc3cc(C)cc(C)c3[C@H](C)C=C2C12CCN(Cc1nc3ccccc3n1C)CC2. The number of likely N-dealkylation sites (N-methyl/N-ethyl adjacent to an activating group) is 1. The number of benzene rings is 2. The molecule has 2 saturated heterocycles. The van der Waals surface area contributed by atoms with Crippen molar-refractivity contribution in [2.45, 2.75) is 65.1 Å². The van der Waals surface area contributed by atoms with E-state index in [4.69, 9.17) is 4.98 Å². The van der Waals surface area contributed by atoms with Gasteiger partial charge < -0.3 is 9.47 Å². The number of likely N-dealkylation sites (tertiary alicyclic amines) is 1. The van der Waals surface area contributed by atoms with Gasteiger partial charge in [0.15, 0.2) is 0 Å². The average molecular weight is 484 g/mol. The van der Waals surface area contributed by atoms with Crippen molar-refractivity contribution in [3.05, 3.63) is 76.2 Å². The van der Waals surface area contributed by atoms with Gasteiger partial charge in [0.1, 0.15) is 5.82 Å². The van der Waals surface area contributed by atoms with Gasteiger partial charge in [-0.2, -0.15) is 0 Å². The molecule has 36 heavy (non-hydrogen) atoms. The Morgan fingerprint density at radius 2 is 1.86 bits per heavy atom. The van der Waals surface area contributed by atoms with E-state index in [0.717, 1.165) is 50.4 Å². The maximum Gasteiger partial charge on any atom is 0.325 e. The van der Waals surface area contributed by atoms with E-state index < -0.39 is 0 Å². The molecule has 3 aliphatic rings. The molecule has 3 aliphatic heterocycles. The van der Waals surface area contributed by atoms with E-state index in [1.54, 1.807) is 0 Å². The van der Waals surface area contributed by atoms with Gasteiger partial charge in [0.05, 0.1) is 29.7 Å². The Morgan fingerprint density at radius 3 is 2.58 bits per heavy atom. The molecule has 3 aromatic rings. The fourth-order valence-electron chi connectivity index (χ4n) is 7.14. The van der Waals surface area contributed by atoms with E-state index in [0.29, 0.717) is 12.5 Å². The van der Waals surface area contributed by atoms with E-state index in [-0.39, 0.29) is 11.6 Å². The van der Waals surface area contributed by atoms with Crippen molar-refractivity contribution in [1.82, 2.24) is 24.3 Å². The molecule has 0 radical (unpaired) electrons. The van der Waals surface area contributed by atoms with Crippen LogP contribution in [0.2, 0.25) is 0 Å². The number of piperidine rings is 1. The van der Waals surface area contributed by atoms with Gasteiger partial charge in [-0.15, -0.1) is 0 Å². The molecule has 1 spiro atoms. The molecule has 2 fully saturated rings. The minimum Gasteiger partial charge on any atom is -0.330 e. The molecule has 2 amide bonds. The van der Waals surface area contributed by atoms with Gasteiger partial charge in [-0.25, -0.2) is 9.78 Å². The third-order valence-corrected chi connectivity index (χ3v) is 8.80. The molecule has 2 aromatic carbocycles. The lowest BCUT2D eigenvalue weighted by Crippen LogP contribution is -2.53. The second-order valence-electron chi connectivity index (χ2n) is 11.0. The van der Waals surface area contributed by atoms with Gasteiger partial charge in [0.25, 0.3) is 0 Å². The quantitative estimate of drug-likeness (QED) is 0.495. The molecule has 0 saturated carbocycles. The van der Waals surface area contributed by atoms with Crippen LogP contribution in [0.3, 0.4) is 0 Å². The number of hydrogen-bond acceptors (Lipinski definition) is 3. The van der Waals surface area contributed by atoms with Crippen LogP contribution in [-0.2, 0) is 20.1 Å². The predicted octanol–water partition coefficient (Wildman–Crippen LogP) is 5.48. The first-order valence-electron chi connectivity index (χ1n) is 13.4. The number of fused-ring (bicyclic) bond motifs is 4. The first-order chi connectivity index (χ1) is 17.3. The lowest BCUT2D eigenvalue weighted by molar-refractivity contribution is 0.0871. The highest BCUT2D eigenvalue weighted by Gasteiger charge is 2.54. The summed E-state index contributed by atoms with van der Waals surface area (Å²) in [5, 5.41) is 0. The number of carbonyl (C=O) groups excluding carboxylic acids is 1. The van der Waals surface area contributed by atoms with E-state index in [1.165, 1.54) is 33.5 Å². The number of aromatic nitrogens is 2. The lowest BCUT2D eigenvalue weighted by atomic mass is 9.81. The Labute approximate surface area is 214 Å². The summed E-state index contributed by atoms with van der Waals surface area (Å²) < 4.78 is 2.22. The fourth-order valence-corrected chi connectivity index (χ4v) is 7.14. The van der Waals surface area contributed by atoms with Crippen LogP contribution >= 0.6 is 0 Å². The number of allylic oxidation sites excluding steroid dienone is 1. The molecule has 1 atom stereocenters. The minimum atomic E-state index is -0.214. The number of aryl methyl sites for hydroxylation is 3. The summed E-state index contributed by atoms with van der Waals surface area (Å²) in [7, 11) is 2.11. The third kappa shape index (κ3) is 3.41. The largest absolute Gasteiger partial charge is 0.330 e. The summed E-state index contributed by atoms with van der Waals surface area (Å²) in [6.45, 7) is 13.0. The van der Waals surface area contributed by atoms with Gasteiger partial charge in [-0.3, -0.25) is 9.80 Å². The van der Waals surface area contributed by atoms with Gasteiger partial charge in [-0.05, 0) is 62.4 Å². The van der Waals surface area contributed by atoms with Crippen molar-refractivity contribution < 1.29 is 4.79 Å². The standard InChI is InChI=1S/C30H37N5O/c1-6-35-29(36)34-18-23-16-20(2)15-21(3)28(23)22(4)17-26(34)30(35)11-13-33(14-12-30)19-27-31-24-9-7-8-10-25(24)32(27)5/h7-10,15-17,22H,6,11-14,18-19H2,1-5H3/t22-/m1/s1. The van der Waals surface area contributed by atoms with Crippen LogP contribution in [0.1, 0.15) is 60.7 Å². The van der Waals surface area contributed by atoms with Crippen molar-refractivity contribution in [2.24, 2.45) is 7.05 Å². The number of imidazole rings is 1. The zero-order valence-electron chi connectivity index (χ0n) is 22.2. The fraction of sp³-hybridized carbons (Fsp3) is 0.467. The average Bonchev–Trinajstić information content (AvgIpc) is 3.19. The van der Waals surface area contributed by atoms with Gasteiger partial charge in [-0.1, -0.05) is 42.8 Å². The molecule has 0 aliphatic carbocycles. The molecule has 0 N–H and O–H groups in total. The monoisotopic (exact) mass is 483 g/mol. The Hall–Kier alpha value is -3.12. The Balaban J connectivity index is 1.29. The highest BCUT2D eigenvalue weighted by molar-refractivity contribution is 5.83. The van der Waals surface area contributed by atoms with Crippen LogP contribution < -0.4 is 0 Å². The first-order valence-corrected chi connectivity index (χ1v) is 13.4. The molecule has 6 nitrogen and oxygen atoms in total. The molecule has 6 heteroatoms. The smallest absolute Gasteiger partial charge is 0.325 e. The molecule has 0 bridgehead atoms. The number of para-hydroxylation sites is 2. The van der Waals surface area contributed by atoms with Crippen molar-refractivity contribution in [3.63, 3.8) is 0 Å². The predicted molar refractivity (Wildman–Crippen MR) is 144 cm³/mol. The number of amides is 2. The second kappa shape index (κ2) is 8.48. The number of hydrogen-bond donors (Lipinski definition) is 0. The third-order valence-electron chi connectivity index (χ3n) is 8.80. The van der Waals surface area contributed by atoms with Crippen LogP contribution in [0.5, 0.6) is 0 Å². The molecule has 4 heterocycles. The summed E-state index contributed by atoms with van der Waals surface area (Å²) >= 11 is 0. The second-order valence-corrected chi connectivity index (χ2v) is 11.0. The first kappa shape index (κ1) is 23.3. The van der Waals surface area contributed by atoms with E-state index >= 15 is 0 Å². The van der Waals surface area contributed by atoms with Crippen molar-refractivity contribution in [3.8, 4) is 0 Å². The van der Waals surface area contributed by atoms with Crippen molar-refractivity contribution in [1.29, 1.82) is 0 Å². The highest BCUT2D eigenvalue weighted by Crippen LogP contribution is 2.47.